The molecule has 3 heterocycles. The predicted molar refractivity (Wildman–Crippen MR) is 99.7 cm³/mol. The Bertz CT molecular complexity index is 790. The third-order valence-electron chi connectivity index (χ3n) is 6.45. The van der Waals surface area contributed by atoms with Crippen LogP contribution in [0.5, 0.6) is 0 Å². The van der Waals surface area contributed by atoms with Crippen LogP contribution in [-0.4, -0.2) is 84.2 Å². The van der Waals surface area contributed by atoms with E-state index in [-0.39, 0.29) is 24.0 Å². The van der Waals surface area contributed by atoms with Gasteiger partial charge in [-0.05, 0) is 25.2 Å². The van der Waals surface area contributed by atoms with Crippen molar-refractivity contribution in [1.82, 2.24) is 14.3 Å². The zero-order chi connectivity index (χ0) is 20.8. The van der Waals surface area contributed by atoms with Crippen LogP contribution >= 0.6 is 0 Å². The predicted octanol–water partition coefficient (Wildman–Crippen LogP) is 0.482. The van der Waals surface area contributed by atoms with Crippen LogP contribution in [0.1, 0.15) is 45.4 Å². The minimum absolute atomic E-state index is 0.0489. The molecule has 162 valence electrons. The summed E-state index contributed by atoms with van der Waals surface area (Å²) in [5.74, 6) is -0.774. The maximum Gasteiger partial charge on any atom is 0.434 e. The van der Waals surface area contributed by atoms with Crippen molar-refractivity contribution < 1.29 is 32.4 Å². The van der Waals surface area contributed by atoms with Crippen LogP contribution in [0.25, 0.3) is 0 Å². The molecule has 0 aromatic carbocycles. The summed E-state index contributed by atoms with van der Waals surface area (Å²) in [6.45, 7) is 3.63. The van der Waals surface area contributed by atoms with Crippen molar-refractivity contribution in [1.29, 1.82) is 0 Å². The van der Waals surface area contributed by atoms with Crippen molar-refractivity contribution >= 4 is 27.9 Å². The molecule has 0 N–H and O–H groups in total. The molecule has 29 heavy (non-hydrogen) atoms. The van der Waals surface area contributed by atoms with Crippen LogP contribution in [0.2, 0.25) is 0 Å². The average Bonchev–Trinajstić information content (AvgIpc) is 3.45. The number of hydrogen-bond donors (Lipinski definition) is 0. The fourth-order valence-electron chi connectivity index (χ4n) is 4.43. The van der Waals surface area contributed by atoms with E-state index in [9.17, 15) is 22.8 Å². The molecular weight excluding hydrogens is 402 g/mol. The van der Waals surface area contributed by atoms with Crippen LogP contribution in [0.4, 0.5) is 4.79 Å². The molecule has 2 unspecified atom stereocenters. The largest absolute Gasteiger partial charge is 0.434 e. The second kappa shape index (κ2) is 7.51. The lowest BCUT2D eigenvalue weighted by Crippen LogP contribution is -2.59. The molecule has 3 amide bonds. The Balaban J connectivity index is 1.34. The number of morpholine rings is 1. The number of carbonyl (C=O) groups is 3. The van der Waals surface area contributed by atoms with Gasteiger partial charge in [-0.1, -0.05) is 13.3 Å². The number of imide groups is 1. The van der Waals surface area contributed by atoms with Crippen LogP contribution in [0.3, 0.4) is 0 Å². The molecule has 3 saturated heterocycles. The Hall–Kier alpha value is -1.72. The summed E-state index contributed by atoms with van der Waals surface area (Å²) >= 11 is 0. The van der Waals surface area contributed by atoms with Crippen molar-refractivity contribution in [3.05, 3.63) is 0 Å². The second-order valence-corrected chi connectivity index (χ2v) is 10.4. The van der Waals surface area contributed by atoms with Gasteiger partial charge >= 0.3 is 6.09 Å². The van der Waals surface area contributed by atoms with E-state index in [0.29, 0.717) is 50.7 Å². The minimum atomic E-state index is -3.32. The lowest BCUT2D eigenvalue weighted by atomic mass is 9.90. The van der Waals surface area contributed by atoms with E-state index in [0.717, 1.165) is 12.8 Å². The second-order valence-electron chi connectivity index (χ2n) is 8.28. The number of hydroxylamine groups is 2. The van der Waals surface area contributed by atoms with Gasteiger partial charge in [-0.25, -0.2) is 13.2 Å². The fourth-order valence-corrected chi connectivity index (χ4v) is 6.72. The first-order valence-corrected chi connectivity index (χ1v) is 11.7. The molecule has 0 bridgehead atoms. The standard InChI is InChI=1S/C18H27N3O7S/c1-2-13-11-14(13)29(25,26)20-9-10-27-18(12-20)5-7-19(8-6-18)17(24)28-21-15(22)3-4-16(21)23/h13-14H,2-12H2,1H3. The van der Waals surface area contributed by atoms with E-state index in [4.69, 9.17) is 9.57 Å². The molecule has 1 spiro atoms. The monoisotopic (exact) mass is 429 g/mol. The van der Waals surface area contributed by atoms with Gasteiger partial charge in [0, 0.05) is 39.0 Å². The van der Waals surface area contributed by atoms with Gasteiger partial charge in [-0.3, -0.25) is 9.59 Å². The van der Waals surface area contributed by atoms with Crippen LogP contribution in [0.15, 0.2) is 0 Å². The molecular formula is C18H27N3O7S. The molecule has 3 aliphatic heterocycles. The minimum Gasteiger partial charge on any atom is -0.372 e. The highest BCUT2D eigenvalue weighted by Crippen LogP contribution is 2.42. The van der Waals surface area contributed by atoms with Gasteiger partial charge in [-0.2, -0.15) is 4.31 Å². The topological polar surface area (TPSA) is 114 Å². The molecule has 0 aromatic rings. The Morgan fingerprint density at radius 2 is 1.83 bits per heavy atom. The highest BCUT2D eigenvalue weighted by molar-refractivity contribution is 7.90. The summed E-state index contributed by atoms with van der Waals surface area (Å²) in [7, 11) is -3.32. The van der Waals surface area contributed by atoms with Crippen LogP contribution in [-0.2, 0) is 29.2 Å². The van der Waals surface area contributed by atoms with Crippen molar-refractivity contribution in [2.45, 2.75) is 56.3 Å². The summed E-state index contributed by atoms with van der Waals surface area (Å²) in [4.78, 5) is 41.9. The molecule has 0 aromatic heterocycles. The molecule has 0 radical (unpaired) electrons. The van der Waals surface area contributed by atoms with Gasteiger partial charge in [0.05, 0.1) is 17.5 Å². The van der Waals surface area contributed by atoms with Gasteiger partial charge < -0.3 is 14.5 Å². The Labute approximate surface area is 170 Å². The number of amides is 3. The number of piperidine rings is 1. The van der Waals surface area contributed by atoms with Crippen molar-refractivity contribution in [3.63, 3.8) is 0 Å². The summed E-state index contributed by atoms with van der Waals surface area (Å²) < 4.78 is 33.3. The van der Waals surface area contributed by atoms with Crippen LogP contribution < -0.4 is 0 Å². The summed E-state index contributed by atoms with van der Waals surface area (Å²) in [5, 5.41) is 0.269. The molecule has 4 aliphatic rings. The zero-order valence-corrected chi connectivity index (χ0v) is 17.4. The average molecular weight is 429 g/mol. The van der Waals surface area contributed by atoms with Crippen molar-refractivity contribution in [2.75, 3.05) is 32.8 Å². The first-order chi connectivity index (χ1) is 13.8. The molecule has 11 heteroatoms. The maximum atomic E-state index is 12.9. The van der Waals surface area contributed by atoms with Crippen LogP contribution in [0, 0.1) is 5.92 Å². The number of likely N-dealkylation sites (tertiary alicyclic amines) is 1. The van der Waals surface area contributed by atoms with E-state index in [1.165, 1.54) is 4.90 Å². The molecule has 4 rings (SSSR count). The molecule has 10 nitrogen and oxygen atoms in total. The molecule has 1 aliphatic carbocycles. The van der Waals surface area contributed by atoms with Gasteiger partial charge in [-0.15, -0.1) is 5.06 Å². The number of hydrogen-bond acceptors (Lipinski definition) is 7. The smallest absolute Gasteiger partial charge is 0.372 e. The molecule has 2 atom stereocenters. The van der Waals surface area contributed by atoms with Gasteiger partial charge in [0.1, 0.15) is 0 Å². The Morgan fingerprint density at radius 1 is 1.17 bits per heavy atom. The first kappa shape index (κ1) is 20.5. The summed E-state index contributed by atoms with van der Waals surface area (Å²) in [6, 6.07) is 0. The number of nitrogens with zero attached hydrogens (tertiary/aromatic N) is 3. The number of ether oxygens (including phenoxy) is 1. The quantitative estimate of drug-likeness (QED) is 0.597. The fraction of sp³-hybridized carbons (Fsp3) is 0.833. The normalized spacial score (nSPS) is 30.1. The third-order valence-corrected chi connectivity index (χ3v) is 8.82. The van der Waals surface area contributed by atoms with Gasteiger partial charge in [0.25, 0.3) is 11.8 Å². The van der Waals surface area contributed by atoms with E-state index >= 15 is 0 Å². The lowest BCUT2D eigenvalue weighted by molar-refractivity contribution is -0.175. The number of carbonyl (C=O) groups excluding carboxylic acids is 3. The van der Waals surface area contributed by atoms with Crippen molar-refractivity contribution in [3.8, 4) is 0 Å². The Kier molecular flexibility index (Phi) is 5.32. The van der Waals surface area contributed by atoms with E-state index in [1.807, 2.05) is 6.92 Å². The highest BCUT2D eigenvalue weighted by Gasteiger charge is 2.52. The third kappa shape index (κ3) is 3.87. The highest BCUT2D eigenvalue weighted by atomic mass is 32.2. The number of sulfonamides is 1. The van der Waals surface area contributed by atoms with E-state index < -0.39 is 33.5 Å². The van der Waals surface area contributed by atoms with Gasteiger partial charge in [0.2, 0.25) is 10.0 Å². The maximum absolute atomic E-state index is 12.9. The van der Waals surface area contributed by atoms with Gasteiger partial charge in [0.15, 0.2) is 0 Å². The van der Waals surface area contributed by atoms with Crippen molar-refractivity contribution in [2.24, 2.45) is 5.92 Å². The SMILES string of the molecule is CCC1CC1S(=O)(=O)N1CCOC2(CCN(C(=O)ON3C(=O)CCC3=O)CC2)C1. The van der Waals surface area contributed by atoms with E-state index in [1.54, 1.807) is 4.31 Å². The summed E-state index contributed by atoms with van der Waals surface area (Å²) in [5.41, 5.74) is -0.613. The lowest BCUT2D eigenvalue weighted by Gasteiger charge is -2.46. The molecule has 4 fully saturated rings. The summed E-state index contributed by atoms with van der Waals surface area (Å²) in [6.07, 6.45) is 1.90. The van der Waals surface area contributed by atoms with E-state index in [2.05, 4.69) is 0 Å². The Morgan fingerprint density at radius 3 is 2.41 bits per heavy atom. The number of rotatable bonds is 4. The zero-order valence-electron chi connectivity index (χ0n) is 16.5. The molecule has 1 saturated carbocycles. The first-order valence-electron chi connectivity index (χ1n) is 10.2.